The van der Waals surface area contributed by atoms with Crippen LogP contribution in [0.5, 0.6) is 0 Å². The first-order chi connectivity index (χ1) is 8.04. The topological polar surface area (TPSA) is 0 Å². The van der Waals surface area contributed by atoms with Gasteiger partial charge < -0.3 is 0 Å². The fourth-order valence-corrected chi connectivity index (χ4v) is 10.2. The Hall–Kier alpha value is -0.554. The molecule has 2 aromatic rings. The summed E-state index contributed by atoms with van der Waals surface area (Å²) in [5.74, 6) is 0. The van der Waals surface area contributed by atoms with Gasteiger partial charge in [-0.15, -0.1) is 0 Å². The maximum atomic E-state index is 2.47. The minimum absolute atomic E-state index is 0.0529. The van der Waals surface area contributed by atoms with Crippen molar-refractivity contribution in [3.8, 4) is 11.1 Å². The molecule has 0 fully saturated rings. The van der Waals surface area contributed by atoms with Gasteiger partial charge in [0.25, 0.3) is 0 Å². The van der Waals surface area contributed by atoms with Gasteiger partial charge in [-0.2, -0.15) is 0 Å². The van der Waals surface area contributed by atoms with Gasteiger partial charge in [0, 0.05) is 0 Å². The van der Waals surface area contributed by atoms with Crippen LogP contribution < -0.4 is 3.61 Å². The molecule has 0 aromatic heterocycles. The molecule has 0 aliphatic carbocycles. The van der Waals surface area contributed by atoms with Crippen LogP contribution >= 0.6 is 0 Å². The third-order valence-corrected chi connectivity index (χ3v) is 11.3. The summed E-state index contributed by atoms with van der Waals surface area (Å²) >= 11 is 0.0529. The van der Waals surface area contributed by atoms with Gasteiger partial charge in [0.2, 0.25) is 0 Å². The van der Waals surface area contributed by atoms with Crippen molar-refractivity contribution >= 4 is 29.4 Å². The first kappa shape index (κ1) is 12.9. The van der Waals surface area contributed by atoms with Gasteiger partial charge in [0.1, 0.15) is 0 Å². The van der Waals surface area contributed by atoms with Crippen molar-refractivity contribution in [2.24, 2.45) is 0 Å². The average Bonchev–Trinajstić information content (AvgIpc) is 2.29. The van der Waals surface area contributed by atoms with Crippen LogP contribution in [-0.2, 0) is 0 Å². The first-order valence-electron chi connectivity index (χ1n) is 5.89. The van der Waals surface area contributed by atoms with Crippen LogP contribution in [0, 0.1) is 0 Å². The van der Waals surface area contributed by atoms with Gasteiger partial charge in [0.05, 0.1) is 0 Å². The van der Waals surface area contributed by atoms with Crippen molar-refractivity contribution in [3.05, 3.63) is 54.6 Å². The van der Waals surface area contributed by atoms with Gasteiger partial charge in [-0.05, 0) is 0 Å². The minimum atomic E-state index is -0.865. The second-order valence-corrected chi connectivity index (χ2v) is 23.1. The Bertz CT molecular complexity index is 469. The Morgan fingerprint density at radius 3 is 1.76 bits per heavy atom. The summed E-state index contributed by atoms with van der Waals surface area (Å²) in [6, 6.07) is 19.8. The molecule has 0 aliphatic heterocycles. The van der Waals surface area contributed by atoms with E-state index in [1.807, 2.05) is 0 Å². The Morgan fingerprint density at radius 2 is 1.24 bits per heavy atom. The van der Waals surface area contributed by atoms with Crippen LogP contribution in [0.3, 0.4) is 0 Å². The number of hydrogen-bond donors (Lipinski definition) is 0. The van der Waals surface area contributed by atoms with E-state index in [1.54, 1.807) is 3.61 Å². The predicted octanol–water partition coefficient (Wildman–Crippen LogP) is 3.52. The summed E-state index contributed by atoms with van der Waals surface area (Å²) in [5, 5.41) is 0. The van der Waals surface area contributed by atoms with Crippen molar-refractivity contribution in [3.63, 3.8) is 0 Å². The van der Waals surface area contributed by atoms with E-state index in [9.17, 15) is 0 Å². The molecule has 88 valence electrons. The summed E-state index contributed by atoms with van der Waals surface area (Å²) in [6.07, 6.45) is 0. The molecule has 2 rings (SSSR count). The Labute approximate surface area is 114 Å². The normalized spacial score (nSPS) is 11.5. The van der Waals surface area contributed by atoms with Crippen LogP contribution in [0.2, 0.25) is 19.6 Å². The second kappa shape index (κ2) is 5.39. The first-order valence-corrected chi connectivity index (χ1v) is 14.0. The molecule has 0 heterocycles. The van der Waals surface area contributed by atoms with Gasteiger partial charge >= 0.3 is 115 Å². The Morgan fingerprint density at radius 1 is 0.706 bits per heavy atom. The van der Waals surface area contributed by atoms with E-state index in [1.165, 1.54) is 11.1 Å². The van der Waals surface area contributed by atoms with Crippen molar-refractivity contribution < 1.29 is 0 Å². The zero-order chi connectivity index (χ0) is 12.3. The SMILES string of the molecule is C[Si](C)(C)[Te]c1ccc(-c2ccccc2)cc1. The molecule has 0 nitrogen and oxygen atoms in total. The molecule has 0 radical (unpaired) electrons. The van der Waals surface area contributed by atoms with Gasteiger partial charge in [-0.3, -0.25) is 0 Å². The summed E-state index contributed by atoms with van der Waals surface area (Å²) < 4.78 is 1.61. The molecular weight excluding hydrogens is 336 g/mol. The summed E-state index contributed by atoms with van der Waals surface area (Å²) in [5.41, 5.74) is 1.78. The zero-order valence-electron chi connectivity index (χ0n) is 10.6. The van der Waals surface area contributed by atoms with Crippen molar-refractivity contribution in [2.45, 2.75) is 19.6 Å². The van der Waals surface area contributed by atoms with Crippen molar-refractivity contribution in [2.75, 3.05) is 0 Å². The second-order valence-electron chi connectivity index (χ2n) is 5.10. The summed E-state index contributed by atoms with van der Waals surface area (Å²) in [7, 11) is 0. The van der Waals surface area contributed by atoms with Crippen LogP contribution in [-0.4, -0.2) is 25.8 Å². The molecule has 0 saturated carbocycles. The van der Waals surface area contributed by atoms with E-state index in [2.05, 4.69) is 74.2 Å². The third-order valence-electron chi connectivity index (χ3n) is 2.39. The quantitative estimate of drug-likeness (QED) is 0.741. The maximum absolute atomic E-state index is 2.47. The van der Waals surface area contributed by atoms with E-state index in [4.69, 9.17) is 0 Å². The number of rotatable bonds is 3. The Balaban J connectivity index is 2.19. The molecule has 2 aromatic carbocycles. The molecule has 0 bridgehead atoms. The third kappa shape index (κ3) is 3.99. The van der Waals surface area contributed by atoms with E-state index < -0.39 is 5.62 Å². The van der Waals surface area contributed by atoms with Gasteiger partial charge in [0.15, 0.2) is 0 Å². The summed E-state index contributed by atoms with van der Waals surface area (Å²) in [4.78, 5) is 0. The molecule has 0 amide bonds. The molecule has 0 unspecified atom stereocenters. The average molecular weight is 354 g/mol. The van der Waals surface area contributed by atoms with Crippen LogP contribution in [0.15, 0.2) is 54.6 Å². The summed E-state index contributed by atoms with van der Waals surface area (Å²) in [6.45, 7) is 7.42. The molecule has 2 heteroatoms. The number of hydrogen-bond acceptors (Lipinski definition) is 0. The molecule has 17 heavy (non-hydrogen) atoms. The fourth-order valence-electron chi connectivity index (χ4n) is 1.70. The van der Waals surface area contributed by atoms with Crippen molar-refractivity contribution in [1.82, 2.24) is 0 Å². The van der Waals surface area contributed by atoms with Crippen LogP contribution in [0.4, 0.5) is 0 Å². The van der Waals surface area contributed by atoms with E-state index >= 15 is 0 Å². The molecular formula is C15H18SiTe. The molecule has 0 spiro atoms. The van der Waals surface area contributed by atoms with Crippen molar-refractivity contribution in [1.29, 1.82) is 0 Å². The van der Waals surface area contributed by atoms with Gasteiger partial charge in [-0.1, -0.05) is 0 Å². The zero-order valence-corrected chi connectivity index (χ0v) is 13.9. The van der Waals surface area contributed by atoms with E-state index in [0.29, 0.717) is 0 Å². The monoisotopic (exact) mass is 356 g/mol. The molecule has 0 atom stereocenters. The standard InChI is InChI=1S/C15H18SiTe/c1-16(2,3)17-15-11-9-14(10-12-15)13-7-5-4-6-8-13/h4-12H,1-3H3. The van der Waals surface area contributed by atoms with Crippen LogP contribution in [0.1, 0.15) is 0 Å². The van der Waals surface area contributed by atoms with Crippen LogP contribution in [0.25, 0.3) is 11.1 Å². The molecule has 0 N–H and O–H groups in total. The van der Waals surface area contributed by atoms with E-state index in [-0.39, 0.29) is 20.1 Å². The fraction of sp³-hybridized carbons (Fsp3) is 0.200. The Kier molecular flexibility index (Phi) is 4.09. The van der Waals surface area contributed by atoms with Gasteiger partial charge in [-0.25, -0.2) is 0 Å². The molecule has 0 aliphatic rings. The van der Waals surface area contributed by atoms with E-state index in [0.717, 1.165) is 0 Å². The number of benzene rings is 2. The molecule has 0 saturated heterocycles. The predicted molar refractivity (Wildman–Crippen MR) is 80.6 cm³/mol.